The second-order valence-electron chi connectivity index (χ2n) is 6.29. The zero-order valence-corrected chi connectivity index (χ0v) is 14.4. The molecule has 1 amide bonds. The van der Waals surface area contributed by atoms with Crippen LogP contribution in [-0.2, 0) is 19.4 Å². The summed E-state index contributed by atoms with van der Waals surface area (Å²) in [7, 11) is 0. The van der Waals surface area contributed by atoms with Crippen LogP contribution >= 0.6 is 0 Å². The monoisotopic (exact) mass is 348 g/mol. The Kier molecular flexibility index (Phi) is 4.68. The fourth-order valence-corrected chi connectivity index (χ4v) is 3.38. The van der Waals surface area contributed by atoms with Gasteiger partial charge in [0.05, 0.1) is 18.4 Å². The summed E-state index contributed by atoms with van der Waals surface area (Å²) < 4.78 is 2.04. The van der Waals surface area contributed by atoms with Gasteiger partial charge in [0.15, 0.2) is 0 Å². The summed E-state index contributed by atoms with van der Waals surface area (Å²) in [5.41, 5.74) is 5.09. The normalized spacial score (nSPS) is 13.2. The van der Waals surface area contributed by atoms with Crippen molar-refractivity contribution in [3.05, 3.63) is 60.1 Å². The number of aromatic nitrogens is 5. The highest BCUT2D eigenvalue weighted by Crippen LogP contribution is 2.30. The number of hydrogen-bond donors (Lipinski definition) is 1. The molecule has 0 fully saturated rings. The van der Waals surface area contributed by atoms with Gasteiger partial charge in [0, 0.05) is 48.2 Å². The zero-order chi connectivity index (χ0) is 17.8. The second kappa shape index (κ2) is 7.43. The van der Waals surface area contributed by atoms with Crippen molar-refractivity contribution in [2.24, 2.45) is 0 Å². The van der Waals surface area contributed by atoms with Gasteiger partial charge < -0.3 is 5.32 Å². The van der Waals surface area contributed by atoms with E-state index in [2.05, 4.69) is 20.3 Å². The van der Waals surface area contributed by atoms with Crippen LogP contribution in [0.4, 0.5) is 0 Å². The molecule has 7 nitrogen and oxygen atoms in total. The molecule has 7 heteroatoms. The standard InChI is InChI=1S/C19H20N6O/c26-19(16-13-21-9-10-22-16)23-11-12-25-17-4-2-1-3-15(17)18(24-25)14-5-7-20-8-6-14/h5-10,13H,1-4,11-12H2,(H,23,26). The lowest BCUT2D eigenvalue weighted by atomic mass is 9.94. The molecule has 0 bridgehead atoms. The van der Waals surface area contributed by atoms with Crippen molar-refractivity contribution in [1.82, 2.24) is 30.0 Å². The van der Waals surface area contributed by atoms with Crippen molar-refractivity contribution in [2.75, 3.05) is 6.54 Å². The molecule has 4 rings (SSSR count). The van der Waals surface area contributed by atoms with Gasteiger partial charge in [-0.25, -0.2) is 4.98 Å². The Balaban J connectivity index is 1.50. The smallest absolute Gasteiger partial charge is 0.271 e. The van der Waals surface area contributed by atoms with Crippen LogP contribution in [0.2, 0.25) is 0 Å². The molecule has 0 saturated carbocycles. The molecular weight excluding hydrogens is 328 g/mol. The predicted octanol–water partition coefficient (Wildman–Crippen LogP) is 2.04. The van der Waals surface area contributed by atoms with E-state index in [-0.39, 0.29) is 5.91 Å². The van der Waals surface area contributed by atoms with E-state index in [1.807, 2.05) is 16.8 Å². The number of pyridine rings is 1. The Morgan fingerprint density at radius 1 is 1.08 bits per heavy atom. The molecule has 1 N–H and O–H groups in total. The van der Waals surface area contributed by atoms with Crippen LogP contribution in [0.25, 0.3) is 11.3 Å². The molecule has 132 valence electrons. The van der Waals surface area contributed by atoms with Gasteiger partial charge in [-0.1, -0.05) is 0 Å². The maximum Gasteiger partial charge on any atom is 0.271 e. The summed E-state index contributed by atoms with van der Waals surface area (Å²) in [4.78, 5) is 24.1. The molecule has 0 unspecified atom stereocenters. The molecule has 3 heterocycles. The third kappa shape index (κ3) is 3.33. The highest BCUT2D eigenvalue weighted by Gasteiger charge is 2.21. The van der Waals surface area contributed by atoms with E-state index in [1.165, 1.54) is 36.5 Å². The van der Waals surface area contributed by atoms with E-state index < -0.39 is 0 Å². The lowest BCUT2D eigenvalue weighted by Crippen LogP contribution is -2.28. The Labute approximate surface area is 151 Å². The summed E-state index contributed by atoms with van der Waals surface area (Å²) in [5.74, 6) is -0.214. The van der Waals surface area contributed by atoms with Crippen LogP contribution in [0, 0.1) is 0 Å². The van der Waals surface area contributed by atoms with Gasteiger partial charge in [-0.3, -0.25) is 19.4 Å². The van der Waals surface area contributed by atoms with Gasteiger partial charge in [0.25, 0.3) is 5.91 Å². The van der Waals surface area contributed by atoms with E-state index in [1.54, 1.807) is 18.6 Å². The van der Waals surface area contributed by atoms with Crippen molar-refractivity contribution < 1.29 is 4.79 Å². The third-order valence-electron chi connectivity index (χ3n) is 4.62. The van der Waals surface area contributed by atoms with E-state index >= 15 is 0 Å². The van der Waals surface area contributed by atoms with E-state index in [4.69, 9.17) is 5.10 Å². The average Bonchev–Trinajstić information content (AvgIpc) is 3.08. The fraction of sp³-hybridized carbons (Fsp3) is 0.316. The molecule has 1 aliphatic rings. The Morgan fingerprint density at radius 3 is 2.73 bits per heavy atom. The molecule has 1 aliphatic carbocycles. The molecule has 0 saturated heterocycles. The molecule has 3 aromatic heterocycles. The van der Waals surface area contributed by atoms with Crippen molar-refractivity contribution >= 4 is 5.91 Å². The van der Waals surface area contributed by atoms with Gasteiger partial charge in [-0.05, 0) is 37.8 Å². The number of nitrogens with one attached hydrogen (secondary N) is 1. The van der Waals surface area contributed by atoms with Crippen LogP contribution in [0.3, 0.4) is 0 Å². The van der Waals surface area contributed by atoms with E-state index in [0.29, 0.717) is 18.8 Å². The first kappa shape index (κ1) is 16.4. The highest BCUT2D eigenvalue weighted by molar-refractivity contribution is 5.91. The summed E-state index contributed by atoms with van der Waals surface area (Å²) >= 11 is 0. The van der Waals surface area contributed by atoms with Crippen LogP contribution in [0.15, 0.2) is 43.1 Å². The molecule has 0 radical (unpaired) electrons. The maximum absolute atomic E-state index is 12.1. The highest BCUT2D eigenvalue weighted by atomic mass is 16.1. The number of amides is 1. The van der Waals surface area contributed by atoms with Gasteiger partial charge in [-0.2, -0.15) is 5.10 Å². The minimum absolute atomic E-state index is 0.214. The summed E-state index contributed by atoms with van der Waals surface area (Å²) in [6, 6.07) is 3.99. The van der Waals surface area contributed by atoms with Crippen LogP contribution < -0.4 is 5.32 Å². The number of carbonyl (C=O) groups is 1. The minimum Gasteiger partial charge on any atom is -0.349 e. The molecule has 0 aromatic carbocycles. The topological polar surface area (TPSA) is 85.6 Å². The number of rotatable bonds is 5. The summed E-state index contributed by atoms with van der Waals surface area (Å²) in [5, 5.41) is 7.73. The molecular formula is C19H20N6O. The van der Waals surface area contributed by atoms with Crippen molar-refractivity contribution in [3.63, 3.8) is 0 Å². The summed E-state index contributed by atoms with van der Waals surface area (Å²) in [6.45, 7) is 1.14. The first-order valence-corrected chi connectivity index (χ1v) is 8.86. The summed E-state index contributed by atoms with van der Waals surface area (Å²) in [6.07, 6.45) is 12.6. The van der Waals surface area contributed by atoms with Gasteiger partial charge in [-0.15, -0.1) is 0 Å². The molecule has 0 aliphatic heterocycles. The van der Waals surface area contributed by atoms with Crippen molar-refractivity contribution in [3.8, 4) is 11.3 Å². The van der Waals surface area contributed by atoms with Crippen LogP contribution in [0.5, 0.6) is 0 Å². The second-order valence-corrected chi connectivity index (χ2v) is 6.29. The van der Waals surface area contributed by atoms with Gasteiger partial charge in [0.2, 0.25) is 0 Å². The number of fused-ring (bicyclic) bond motifs is 1. The molecule has 0 atom stereocenters. The maximum atomic E-state index is 12.1. The molecule has 0 spiro atoms. The number of hydrogen-bond acceptors (Lipinski definition) is 5. The van der Waals surface area contributed by atoms with E-state index in [9.17, 15) is 4.79 Å². The van der Waals surface area contributed by atoms with Crippen LogP contribution in [0.1, 0.15) is 34.6 Å². The Hall–Kier alpha value is -3.09. The third-order valence-corrected chi connectivity index (χ3v) is 4.62. The van der Waals surface area contributed by atoms with Crippen molar-refractivity contribution in [2.45, 2.75) is 32.2 Å². The quantitative estimate of drug-likeness (QED) is 0.763. The Bertz CT molecular complexity index is 891. The van der Waals surface area contributed by atoms with Crippen molar-refractivity contribution in [1.29, 1.82) is 0 Å². The predicted molar refractivity (Wildman–Crippen MR) is 96.5 cm³/mol. The lowest BCUT2D eigenvalue weighted by molar-refractivity contribution is 0.0946. The molecule has 3 aromatic rings. The first-order chi connectivity index (χ1) is 12.8. The van der Waals surface area contributed by atoms with Gasteiger partial charge >= 0.3 is 0 Å². The Morgan fingerprint density at radius 2 is 1.92 bits per heavy atom. The SMILES string of the molecule is O=C(NCCn1nc(-c2ccncc2)c2c1CCCC2)c1cnccn1. The first-order valence-electron chi connectivity index (χ1n) is 8.86. The fourth-order valence-electron chi connectivity index (χ4n) is 3.38. The number of carbonyl (C=O) groups excluding carboxylic acids is 1. The van der Waals surface area contributed by atoms with E-state index in [0.717, 1.165) is 24.1 Å². The minimum atomic E-state index is -0.214. The van der Waals surface area contributed by atoms with Gasteiger partial charge in [0.1, 0.15) is 5.69 Å². The lowest BCUT2D eigenvalue weighted by Gasteiger charge is -2.14. The molecule has 26 heavy (non-hydrogen) atoms. The zero-order valence-electron chi connectivity index (χ0n) is 14.4. The number of nitrogens with zero attached hydrogens (tertiary/aromatic N) is 5. The largest absolute Gasteiger partial charge is 0.349 e. The average molecular weight is 348 g/mol. The van der Waals surface area contributed by atoms with Crippen LogP contribution in [-0.4, -0.2) is 37.2 Å².